The SMILES string of the molecule is COC(=O)c1ccc(CCC(C)(C)NCC(O)c2cccc(C(F)(F)F)c2)cc1. The van der Waals surface area contributed by atoms with Crippen molar-refractivity contribution in [3.8, 4) is 0 Å². The monoisotopic (exact) mass is 409 g/mol. The maximum atomic E-state index is 12.8. The summed E-state index contributed by atoms with van der Waals surface area (Å²) in [6.07, 6.45) is -4.01. The lowest BCUT2D eigenvalue weighted by molar-refractivity contribution is -0.137. The Balaban J connectivity index is 1.90. The summed E-state index contributed by atoms with van der Waals surface area (Å²) >= 11 is 0. The van der Waals surface area contributed by atoms with E-state index in [9.17, 15) is 23.1 Å². The number of halogens is 3. The molecule has 0 radical (unpaired) electrons. The number of alkyl halides is 3. The molecule has 0 aromatic heterocycles. The molecule has 29 heavy (non-hydrogen) atoms. The Morgan fingerprint density at radius 2 is 1.79 bits per heavy atom. The third kappa shape index (κ3) is 6.87. The van der Waals surface area contributed by atoms with E-state index in [0.717, 1.165) is 30.5 Å². The zero-order chi connectivity index (χ0) is 21.7. The van der Waals surface area contributed by atoms with Gasteiger partial charge in [0, 0.05) is 12.1 Å². The first-order chi connectivity index (χ1) is 13.5. The fraction of sp³-hybridized carbons (Fsp3) is 0.409. The van der Waals surface area contributed by atoms with Crippen molar-refractivity contribution in [2.24, 2.45) is 0 Å². The number of rotatable bonds is 8. The predicted molar refractivity (Wildman–Crippen MR) is 105 cm³/mol. The molecule has 0 bridgehead atoms. The summed E-state index contributed by atoms with van der Waals surface area (Å²) in [5.41, 5.74) is 0.637. The summed E-state index contributed by atoms with van der Waals surface area (Å²) in [5, 5.41) is 13.5. The van der Waals surface area contributed by atoms with Crippen LogP contribution in [0.3, 0.4) is 0 Å². The standard InChI is InChI=1S/C22H26F3NO3/c1-21(2,12-11-15-7-9-16(10-8-15)20(28)29-3)26-14-19(27)17-5-4-6-18(13-17)22(23,24)25/h4-10,13,19,26-27H,11-12,14H2,1-3H3. The zero-order valence-corrected chi connectivity index (χ0v) is 16.7. The van der Waals surface area contributed by atoms with Crippen molar-refractivity contribution < 1.29 is 27.8 Å². The number of aryl methyl sites for hydroxylation is 1. The molecule has 4 nitrogen and oxygen atoms in total. The van der Waals surface area contributed by atoms with E-state index in [0.29, 0.717) is 5.56 Å². The van der Waals surface area contributed by atoms with Crippen molar-refractivity contribution in [1.29, 1.82) is 0 Å². The van der Waals surface area contributed by atoms with Gasteiger partial charge in [-0.25, -0.2) is 4.79 Å². The number of hydrogen-bond acceptors (Lipinski definition) is 4. The molecular formula is C22H26F3NO3. The highest BCUT2D eigenvalue weighted by molar-refractivity contribution is 5.89. The topological polar surface area (TPSA) is 58.6 Å². The quantitative estimate of drug-likeness (QED) is 0.629. The molecule has 0 heterocycles. The molecule has 0 aliphatic heterocycles. The second-order valence-corrected chi connectivity index (χ2v) is 7.59. The van der Waals surface area contributed by atoms with Crippen LogP contribution in [0.4, 0.5) is 13.2 Å². The van der Waals surface area contributed by atoms with Crippen LogP contribution in [0, 0.1) is 0 Å². The Labute approximate surface area is 168 Å². The van der Waals surface area contributed by atoms with Gasteiger partial charge in [-0.2, -0.15) is 13.2 Å². The van der Waals surface area contributed by atoms with E-state index in [1.54, 1.807) is 12.1 Å². The fourth-order valence-electron chi connectivity index (χ4n) is 2.88. The number of ether oxygens (including phenoxy) is 1. The van der Waals surface area contributed by atoms with Crippen molar-refractivity contribution in [2.45, 2.75) is 44.5 Å². The molecule has 1 atom stereocenters. The average Bonchev–Trinajstić information content (AvgIpc) is 2.70. The van der Waals surface area contributed by atoms with Crippen LogP contribution < -0.4 is 5.32 Å². The van der Waals surface area contributed by atoms with Gasteiger partial charge >= 0.3 is 12.1 Å². The summed E-state index contributed by atoms with van der Waals surface area (Å²) in [6, 6.07) is 11.9. The van der Waals surface area contributed by atoms with Crippen molar-refractivity contribution >= 4 is 5.97 Å². The molecule has 2 N–H and O–H groups in total. The molecule has 0 fully saturated rings. The number of β-amino-alcohol motifs (C(OH)–C–C–N with tert-alkyl or cyclic N) is 1. The van der Waals surface area contributed by atoms with Gasteiger partial charge in [-0.05, 0) is 62.1 Å². The molecule has 2 aromatic carbocycles. The maximum Gasteiger partial charge on any atom is 0.416 e. The van der Waals surface area contributed by atoms with Crippen molar-refractivity contribution in [1.82, 2.24) is 5.32 Å². The predicted octanol–water partition coefficient (Wildman–Crippen LogP) is 4.53. The molecule has 158 valence electrons. The molecule has 2 rings (SSSR count). The van der Waals surface area contributed by atoms with Crippen molar-refractivity contribution in [3.05, 3.63) is 70.8 Å². The summed E-state index contributed by atoms with van der Waals surface area (Å²) in [4.78, 5) is 11.5. The number of hydrogen-bond donors (Lipinski definition) is 2. The van der Waals surface area contributed by atoms with Crippen LogP contribution in [0.5, 0.6) is 0 Å². The molecule has 2 aromatic rings. The first-order valence-electron chi connectivity index (χ1n) is 9.29. The molecule has 0 saturated heterocycles. The van der Waals surface area contributed by atoms with Gasteiger partial charge in [-0.3, -0.25) is 0 Å². The number of carbonyl (C=O) groups is 1. The minimum absolute atomic E-state index is 0.135. The van der Waals surface area contributed by atoms with Gasteiger partial charge in [-0.1, -0.05) is 24.3 Å². The molecule has 0 spiro atoms. The minimum atomic E-state index is -4.44. The van der Waals surface area contributed by atoms with Crippen LogP contribution in [0.25, 0.3) is 0 Å². The van der Waals surface area contributed by atoms with Gasteiger partial charge in [0.05, 0.1) is 24.3 Å². The van der Waals surface area contributed by atoms with Gasteiger partial charge in [-0.15, -0.1) is 0 Å². The van der Waals surface area contributed by atoms with Crippen LogP contribution in [0.1, 0.15) is 53.4 Å². The lowest BCUT2D eigenvalue weighted by atomic mass is 9.94. The van der Waals surface area contributed by atoms with Crippen molar-refractivity contribution in [3.63, 3.8) is 0 Å². The van der Waals surface area contributed by atoms with Crippen LogP contribution in [0.2, 0.25) is 0 Å². The Morgan fingerprint density at radius 3 is 2.38 bits per heavy atom. The highest BCUT2D eigenvalue weighted by atomic mass is 19.4. The number of nitrogens with one attached hydrogen (secondary N) is 1. The van der Waals surface area contributed by atoms with E-state index in [-0.39, 0.29) is 23.6 Å². The molecule has 0 aliphatic rings. The summed E-state index contributed by atoms with van der Waals surface area (Å²) < 4.78 is 43.2. The second-order valence-electron chi connectivity index (χ2n) is 7.59. The summed E-state index contributed by atoms with van der Waals surface area (Å²) in [7, 11) is 1.33. The molecule has 0 aliphatic carbocycles. The van der Waals surface area contributed by atoms with E-state index in [2.05, 4.69) is 10.1 Å². The first-order valence-corrected chi connectivity index (χ1v) is 9.29. The molecule has 0 amide bonds. The van der Waals surface area contributed by atoms with Gasteiger partial charge in [0.25, 0.3) is 0 Å². The minimum Gasteiger partial charge on any atom is -0.465 e. The molecule has 1 unspecified atom stereocenters. The maximum absolute atomic E-state index is 12.8. The van der Waals surface area contributed by atoms with E-state index in [1.807, 2.05) is 26.0 Å². The van der Waals surface area contributed by atoms with Gasteiger partial charge in [0.2, 0.25) is 0 Å². The number of aliphatic hydroxyl groups is 1. The summed E-state index contributed by atoms with van der Waals surface area (Å²) in [6.45, 7) is 4.07. The second kappa shape index (κ2) is 9.41. The molecular weight excluding hydrogens is 383 g/mol. The van der Waals surface area contributed by atoms with E-state index in [4.69, 9.17) is 0 Å². The first kappa shape index (κ1) is 22.9. The largest absolute Gasteiger partial charge is 0.465 e. The number of methoxy groups -OCH3 is 1. The Hall–Kier alpha value is -2.38. The Kier molecular flexibility index (Phi) is 7.43. The third-order valence-corrected chi connectivity index (χ3v) is 4.79. The van der Waals surface area contributed by atoms with E-state index >= 15 is 0 Å². The zero-order valence-electron chi connectivity index (χ0n) is 16.7. The Bertz CT molecular complexity index is 817. The van der Waals surface area contributed by atoms with Crippen LogP contribution in [0.15, 0.2) is 48.5 Å². The highest BCUT2D eigenvalue weighted by Crippen LogP contribution is 2.30. The lowest BCUT2D eigenvalue weighted by Gasteiger charge is -2.28. The number of aliphatic hydroxyl groups excluding tert-OH is 1. The smallest absolute Gasteiger partial charge is 0.416 e. The van der Waals surface area contributed by atoms with E-state index < -0.39 is 17.8 Å². The molecule has 7 heteroatoms. The fourth-order valence-corrected chi connectivity index (χ4v) is 2.88. The van der Waals surface area contributed by atoms with Gasteiger partial charge < -0.3 is 15.2 Å². The van der Waals surface area contributed by atoms with E-state index in [1.165, 1.54) is 19.2 Å². The highest BCUT2D eigenvalue weighted by Gasteiger charge is 2.31. The average molecular weight is 409 g/mol. The summed E-state index contributed by atoms with van der Waals surface area (Å²) in [5.74, 6) is -0.387. The molecule has 0 saturated carbocycles. The lowest BCUT2D eigenvalue weighted by Crippen LogP contribution is -2.42. The van der Waals surface area contributed by atoms with Crippen LogP contribution in [-0.4, -0.2) is 30.3 Å². The number of esters is 1. The normalized spacial score (nSPS) is 13.2. The third-order valence-electron chi connectivity index (χ3n) is 4.79. The Morgan fingerprint density at radius 1 is 1.14 bits per heavy atom. The van der Waals surface area contributed by atoms with Crippen LogP contribution >= 0.6 is 0 Å². The van der Waals surface area contributed by atoms with Crippen molar-refractivity contribution in [2.75, 3.05) is 13.7 Å². The number of carbonyl (C=O) groups excluding carboxylic acids is 1. The van der Waals surface area contributed by atoms with Crippen LogP contribution in [-0.2, 0) is 17.3 Å². The van der Waals surface area contributed by atoms with Gasteiger partial charge in [0.15, 0.2) is 0 Å². The number of benzene rings is 2. The van der Waals surface area contributed by atoms with Gasteiger partial charge in [0.1, 0.15) is 0 Å².